The maximum Gasteiger partial charge on any atom is 0.235 e. The van der Waals surface area contributed by atoms with Crippen LogP contribution < -0.4 is 15.2 Å². The van der Waals surface area contributed by atoms with Gasteiger partial charge in [-0.3, -0.25) is 24.8 Å². The minimum absolute atomic E-state index is 0.0116. The van der Waals surface area contributed by atoms with E-state index < -0.39 is 5.92 Å². The third-order valence-corrected chi connectivity index (χ3v) is 7.96. The summed E-state index contributed by atoms with van der Waals surface area (Å²) < 4.78 is 10.8. The predicted octanol–water partition coefficient (Wildman–Crippen LogP) is 1.93. The largest absolute Gasteiger partial charge is 0.454 e. The first-order chi connectivity index (χ1) is 15.5. The fourth-order valence-electron chi connectivity index (χ4n) is 5.42. The predicted molar refractivity (Wildman–Crippen MR) is 118 cm³/mol. The molecule has 0 aliphatic carbocycles. The summed E-state index contributed by atoms with van der Waals surface area (Å²) in [7, 11) is 0. The summed E-state index contributed by atoms with van der Waals surface area (Å²) in [6, 6.07) is 12.9. The van der Waals surface area contributed by atoms with Gasteiger partial charge in [-0.05, 0) is 23.3 Å². The van der Waals surface area contributed by atoms with Crippen LogP contribution in [0.4, 0.5) is 0 Å². The Bertz CT molecular complexity index is 1140. The van der Waals surface area contributed by atoms with Crippen LogP contribution in [0.5, 0.6) is 11.5 Å². The van der Waals surface area contributed by atoms with E-state index in [2.05, 4.69) is 4.90 Å². The lowest BCUT2D eigenvalue weighted by atomic mass is 9.86. The van der Waals surface area contributed by atoms with Crippen molar-refractivity contribution >= 4 is 29.4 Å². The van der Waals surface area contributed by atoms with Crippen LogP contribution in [0.25, 0.3) is 0 Å². The summed E-state index contributed by atoms with van der Waals surface area (Å²) in [5.41, 5.74) is 8.08. The molecule has 0 aromatic heterocycles. The summed E-state index contributed by atoms with van der Waals surface area (Å²) in [5, 5.41) is 7.63. The Balaban J connectivity index is 1.32. The number of likely N-dealkylation sites (tertiary alicyclic amines) is 1. The van der Waals surface area contributed by atoms with Crippen LogP contribution in [0.15, 0.2) is 42.5 Å². The van der Waals surface area contributed by atoms with Gasteiger partial charge in [-0.25, -0.2) is 0 Å². The summed E-state index contributed by atoms with van der Waals surface area (Å²) in [4.78, 5) is 30.8. The van der Waals surface area contributed by atoms with Crippen LogP contribution in [0.1, 0.15) is 22.7 Å². The molecule has 4 atom stereocenters. The van der Waals surface area contributed by atoms with Crippen molar-refractivity contribution in [1.82, 2.24) is 9.80 Å². The number of nitrogens with two attached hydrogens (primary N) is 1. The van der Waals surface area contributed by atoms with E-state index in [1.807, 2.05) is 42.5 Å². The Hall–Kier alpha value is -3.04. The number of fused-ring (bicyclic) bond motifs is 4. The fraction of sp³-hybridized carbons (Fsp3) is 0.348. The van der Waals surface area contributed by atoms with Crippen LogP contribution in [-0.4, -0.2) is 51.9 Å². The smallest absolute Gasteiger partial charge is 0.235 e. The Kier molecular flexibility index (Phi) is 4.44. The quantitative estimate of drug-likeness (QED) is 0.416. The van der Waals surface area contributed by atoms with Crippen LogP contribution in [0, 0.1) is 17.2 Å². The van der Waals surface area contributed by atoms with Gasteiger partial charge in [0.05, 0.1) is 18.4 Å². The van der Waals surface area contributed by atoms with E-state index in [-0.39, 0.29) is 49.0 Å². The highest BCUT2D eigenvalue weighted by Gasteiger charge is 2.63. The number of benzene rings is 2. The van der Waals surface area contributed by atoms with Gasteiger partial charge < -0.3 is 15.2 Å². The van der Waals surface area contributed by atoms with Crippen molar-refractivity contribution in [2.24, 2.45) is 17.6 Å². The molecule has 9 heteroatoms. The number of nitrogens with zero attached hydrogens (tertiary/aromatic N) is 2. The monoisotopic (exact) mass is 450 g/mol. The number of imide groups is 1. The first-order valence-corrected chi connectivity index (χ1v) is 11.7. The number of carbonyl (C=O) groups excluding carboxylic acids is 2. The lowest BCUT2D eigenvalue weighted by molar-refractivity contribution is -0.142. The molecule has 4 unspecified atom stereocenters. The van der Waals surface area contributed by atoms with Crippen molar-refractivity contribution in [3.8, 4) is 11.5 Å². The molecule has 0 radical (unpaired) electrons. The van der Waals surface area contributed by atoms with Crippen LogP contribution in [0.2, 0.25) is 0 Å². The van der Waals surface area contributed by atoms with Gasteiger partial charge in [0.2, 0.25) is 18.6 Å². The summed E-state index contributed by atoms with van der Waals surface area (Å²) in [5.74, 6) is 2.06. The third kappa shape index (κ3) is 2.84. The molecule has 6 rings (SSSR count). The van der Waals surface area contributed by atoms with Crippen molar-refractivity contribution in [3.05, 3.63) is 59.2 Å². The van der Waals surface area contributed by atoms with Gasteiger partial charge in [0.1, 0.15) is 5.84 Å². The van der Waals surface area contributed by atoms with Gasteiger partial charge in [0.25, 0.3) is 0 Å². The number of amides is 2. The van der Waals surface area contributed by atoms with Crippen LogP contribution in [-0.2, 0) is 16.1 Å². The SMILES string of the molecule is N=C(N)c1ccc(C2C3C(=O)N(Cc4ccc5c(c4)OCO5)C(=O)C3C3CSCN32)cc1. The molecule has 0 saturated carbocycles. The van der Waals surface area contributed by atoms with Crippen molar-refractivity contribution in [1.29, 1.82) is 5.41 Å². The number of ether oxygens (including phenoxy) is 2. The Morgan fingerprint density at radius 3 is 2.59 bits per heavy atom. The molecular weight excluding hydrogens is 428 g/mol. The number of amidine groups is 1. The van der Waals surface area contributed by atoms with E-state index in [1.165, 1.54) is 4.90 Å². The van der Waals surface area contributed by atoms with Crippen LogP contribution >= 0.6 is 11.8 Å². The van der Waals surface area contributed by atoms with Gasteiger partial charge in [-0.15, -0.1) is 11.8 Å². The third-order valence-electron chi connectivity index (χ3n) is 6.90. The molecule has 8 nitrogen and oxygen atoms in total. The molecular formula is C23H22N4O4S. The number of nitrogen functional groups attached to an aromatic ring is 1. The molecule has 0 bridgehead atoms. The zero-order valence-corrected chi connectivity index (χ0v) is 18.0. The Morgan fingerprint density at radius 2 is 1.81 bits per heavy atom. The Labute approximate surface area is 189 Å². The highest BCUT2D eigenvalue weighted by molar-refractivity contribution is 7.99. The lowest BCUT2D eigenvalue weighted by Gasteiger charge is -2.28. The molecule has 4 aliphatic heterocycles. The highest BCUT2D eigenvalue weighted by Crippen LogP contribution is 2.53. The number of carbonyl (C=O) groups is 2. The van der Waals surface area contributed by atoms with E-state index in [9.17, 15) is 9.59 Å². The van der Waals surface area contributed by atoms with Gasteiger partial charge in [0, 0.05) is 29.3 Å². The van der Waals surface area contributed by atoms with Gasteiger partial charge >= 0.3 is 0 Å². The van der Waals surface area contributed by atoms with E-state index >= 15 is 0 Å². The van der Waals surface area contributed by atoms with Crippen molar-refractivity contribution in [2.75, 3.05) is 18.4 Å². The molecule has 2 aromatic carbocycles. The molecule has 3 N–H and O–H groups in total. The molecule has 4 aliphatic rings. The summed E-state index contributed by atoms with van der Waals surface area (Å²) in [6.07, 6.45) is 0. The minimum atomic E-state index is -0.398. The molecule has 3 saturated heterocycles. The number of rotatable bonds is 4. The Morgan fingerprint density at radius 1 is 1.06 bits per heavy atom. The van der Waals surface area contributed by atoms with Crippen molar-refractivity contribution in [2.45, 2.75) is 18.6 Å². The number of hydrogen-bond donors (Lipinski definition) is 2. The second-order valence-electron chi connectivity index (χ2n) is 8.56. The molecule has 164 valence electrons. The second kappa shape index (κ2) is 7.25. The van der Waals surface area contributed by atoms with Gasteiger partial charge in [0.15, 0.2) is 11.5 Å². The summed E-state index contributed by atoms with van der Waals surface area (Å²) in [6.45, 7) is 0.418. The molecule has 3 fully saturated rings. The molecule has 4 heterocycles. The maximum absolute atomic E-state index is 13.6. The van der Waals surface area contributed by atoms with Gasteiger partial charge in [-0.2, -0.15) is 0 Å². The van der Waals surface area contributed by atoms with E-state index in [0.29, 0.717) is 17.1 Å². The first-order valence-electron chi connectivity index (χ1n) is 10.5. The van der Waals surface area contributed by atoms with Crippen molar-refractivity contribution < 1.29 is 19.1 Å². The molecule has 2 aromatic rings. The minimum Gasteiger partial charge on any atom is -0.454 e. The standard InChI is InChI=1S/C23H22N4O4S/c24-21(25)14-4-2-13(3-5-14)20-19-18(15-9-32-10-27(15)20)22(28)26(23(19)29)8-12-1-6-16-17(7-12)31-11-30-16/h1-7,15,18-20H,8-11H2,(H3,24,25). The number of nitrogens with one attached hydrogen (secondary N) is 1. The van der Waals surface area contributed by atoms with E-state index in [0.717, 1.165) is 22.8 Å². The average molecular weight is 451 g/mol. The van der Waals surface area contributed by atoms with Gasteiger partial charge in [-0.1, -0.05) is 30.3 Å². The molecule has 0 spiro atoms. The average Bonchev–Trinajstić information content (AvgIpc) is 3.54. The van der Waals surface area contributed by atoms with E-state index in [4.69, 9.17) is 20.6 Å². The zero-order valence-electron chi connectivity index (χ0n) is 17.2. The fourth-order valence-corrected chi connectivity index (χ4v) is 6.73. The number of hydrogen-bond acceptors (Lipinski definition) is 7. The maximum atomic E-state index is 13.6. The normalized spacial score (nSPS) is 28.3. The lowest BCUT2D eigenvalue weighted by Crippen LogP contribution is -2.39. The van der Waals surface area contributed by atoms with Crippen molar-refractivity contribution in [3.63, 3.8) is 0 Å². The molecule has 2 amide bonds. The zero-order chi connectivity index (χ0) is 22.0. The first kappa shape index (κ1) is 19.6. The molecule has 32 heavy (non-hydrogen) atoms. The second-order valence-corrected chi connectivity index (χ2v) is 9.56. The van der Waals surface area contributed by atoms with Crippen LogP contribution in [0.3, 0.4) is 0 Å². The van der Waals surface area contributed by atoms with E-state index in [1.54, 1.807) is 11.8 Å². The highest BCUT2D eigenvalue weighted by atomic mass is 32.2. The topological polar surface area (TPSA) is 109 Å². The summed E-state index contributed by atoms with van der Waals surface area (Å²) >= 11 is 1.80. The number of thioether (sulfide) groups is 1.